The zero-order valence-corrected chi connectivity index (χ0v) is 12.0. The summed E-state index contributed by atoms with van der Waals surface area (Å²) in [7, 11) is 0. The number of aryl methyl sites for hydroxylation is 2. The molecule has 1 atom stereocenters. The fourth-order valence-corrected chi connectivity index (χ4v) is 2.21. The van der Waals surface area contributed by atoms with E-state index in [1.165, 1.54) is 0 Å². The van der Waals surface area contributed by atoms with E-state index in [9.17, 15) is 9.90 Å². The summed E-state index contributed by atoms with van der Waals surface area (Å²) in [4.78, 5) is 12.3. The average Bonchev–Trinajstić information content (AvgIpc) is 2.39. The van der Waals surface area contributed by atoms with E-state index in [0.29, 0.717) is 5.56 Å². The number of carbonyl (C=O) groups excluding carboxylic acids is 1. The molecular formula is C17H19NO2. The molecule has 2 aromatic carbocycles. The van der Waals surface area contributed by atoms with E-state index >= 15 is 0 Å². The molecule has 104 valence electrons. The molecule has 1 amide bonds. The molecule has 20 heavy (non-hydrogen) atoms. The first kappa shape index (κ1) is 14.3. The summed E-state index contributed by atoms with van der Waals surface area (Å²) in [5.41, 5.74) is 4.19. The van der Waals surface area contributed by atoms with Gasteiger partial charge < -0.3 is 10.4 Å². The smallest absolute Gasteiger partial charge is 0.256 e. The van der Waals surface area contributed by atoms with Crippen LogP contribution in [0.1, 0.15) is 40.1 Å². The minimum atomic E-state index is -0.502. The van der Waals surface area contributed by atoms with Crippen molar-refractivity contribution in [2.45, 2.75) is 26.9 Å². The minimum Gasteiger partial charge on any atom is -0.389 e. The third kappa shape index (κ3) is 3.06. The lowest BCUT2D eigenvalue weighted by Crippen LogP contribution is -2.15. The van der Waals surface area contributed by atoms with Crippen LogP contribution in [-0.2, 0) is 0 Å². The molecule has 0 radical (unpaired) electrons. The first-order valence-electron chi connectivity index (χ1n) is 6.64. The van der Waals surface area contributed by atoms with Crippen LogP contribution in [0.5, 0.6) is 0 Å². The van der Waals surface area contributed by atoms with Crippen molar-refractivity contribution in [3.8, 4) is 0 Å². The van der Waals surface area contributed by atoms with E-state index in [4.69, 9.17) is 0 Å². The van der Waals surface area contributed by atoms with Crippen molar-refractivity contribution in [1.82, 2.24) is 0 Å². The molecule has 0 aliphatic carbocycles. The number of hydrogen-bond donors (Lipinski definition) is 2. The summed E-state index contributed by atoms with van der Waals surface area (Å²) in [6.07, 6.45) is -0.502. The Balaban J connectivity index is 2.19. The van der Waals surface area contributed by atoms with Gasteiger partial charge >= 0.3 is 0 Å². The Labute approximate surface area is 119 Å². The summed E-state index contributed by atoms with van der Waals surface area (Å²) in [6, 6.07) is 13.0. The van der Waals surface area contributed by atoms with Crippen LogP contribution in [0.25, 0.3) is 0 Å². The van der Waals surface area contributed by atoms with Gasteiger partial charge in [0.05, 0.1) is 6.10 Å². The average molecular weight is 269 g/mol. The predicted molar refractivity (Wildman–Crippen MR) is 80.9 cm³/mol. The van der Waals surface area contributed by atoms with Gasteiger partial charge in [-0.05, 0) is 49.6 Å². The van der Waals surface area contributed by atoms with Crippen molar-refractivity contribution >= 4 is 11.6 Å². The van der Waals surface area contributed by atoms with Crippen molar-refractivity contribution in [2.75, 3.05) is 5.32 Å². The number of rotatable bonds is 3. The molecule has 2 rings (SSSR count). The first-order chi connectivity index (χ1) is 9.49. The fraction of sp³-hybridized carbons (Fsp3) is 0.235. The van der Waals surface area contributed by atoms with Crippen LogP contribution in [-0.4, -0.2) is 11.0 Å². The zero-order chi connectivity index (χ0) is 14.7. The Kier molecular flexibility index (Phi) is 4.20. The maximum absolute atomic E-state index is 12.3. The number of nitrogens with one attached hydrogen (secondary N) is 1. The lowest BCUT2D eigenvalue weighted by Gasteiger charge is -2.11. The number of aliphatic hydroxyl groups is 1. The van der Waals surface area contributed by atoms with Crippen molar-refractivity contribution in [1.29, 1.82) is 0 Å². The Hall–Kier alpha value is -2.13. The van der Waals surface area contributed by atoms with Crippen LogP contribution in [0.15, 0.2) is 42.5 Å². The largest absolute Gasteiger partial charge is 0.389 e. The molecule has 3 nitrogen and oxygen atoms in total. The highest BCUT2D eigenvalue weighted by Crippen LogP contribution is 2.18. The van der Waals surface area contributed by atoms with Crippen LogP contribution in [0, 0.1) is 13.8 Å². The van der Waals surface area contributed by atoms with Gasteiger partial charge in [-0.2, -0.15) is 0 Å². The maximum Gasteiger partial charge on any atom is 0.256 e. The quantitative estimate of drug-likeness (QED) is 0.894. The van der Waals surface area contributed by atoms with Crippen molar-refractivity contribution in [2.24, 2.45) is 0 Å². The molecule has 0 saturated heterocycles. The second kappa shape index (κ2) is 5.88. The van der Waals surface area contributed by atoms with Gasteiger partial charge in [0.25, 0.3) is 5.91 Å². The van der Waals surface area contributed by atoms with E-state index in [1.807, 2.05) is 44.2 Å². The Morgan fingerprint density at radius 3 is 2.10 bits per heavy atom. The van der Waals surface area contributed by atoms with Crippen molar-refractivity contribution < 1.29 is 9.90 Å². The Bertz CT molecular complexity index is 595. The highest BCUT2D eigenvalue weighted by Gasteiger charge is 2.12. The van der Waals surface area contributed by atoms with Crippen LogP contribution < -0.4 is 5.32 Å². The van der Waals surface area contributed by atoms with Gasteiger partial charge in [-0.3, -0.25) is 4.79 Å². The number of benzene rings is 2. The first-order valence-corrected chi connectivity index (χ1v) is 6.64. The number of amides is 1. The normalized spacial score (nSPS) is 12.0. The second-order valence-corrected chi connectivity index (χ2v) is 5.02. The number of carbonyl (C=O) groups is 1. The van der Waals surface area contributed by atoms with E-state index < -0.39 is 6.10 Å². The van der Waals surface area contributed by atoms with Gasteiger partial charge in [0.2, 0.25) is 0 Å². The molecule has 1 unspecified atom stereocenters. The van der Waals surface area contributed by atoms with E-state index in [1.54, 1.807) is 19.1 Å². The van der Waals surface area contributed by atoms with Crippen molar-refractivity contribution in [3.05, 3.63) is 64.7 Å². The molecule has 0 heterocycles. The summed E-state index contributed by atoms with van der Waals surface area (Å²) >= 11 is 0. The van der Waals surface area contributed by atoms with Crippen LogP contribution in [0.2, 0.25) is 0 Å². The van der Waals surface area contributed by atoms with E-state index in [2.05, 4.69) is 5.32 Å². The Morgan fingerprint density at radius 1 is 1.05 bits per heavy atom. The van der Waals surface area contributed by atoms with Gasteiger partial charge in [-0.15, -0.1) is 0 Å². The fourth-order valence-electron chi connectivity index (χ4n) is 2.21. The molecule has 0 fully saturated rings. The number of aliphatic hydroxyl groups excluding tert-OH is 1. The maximum atomic E-state index is 12.3. The molecule has 2 aromatic rings. The molecule has 0 aliphatic rings. The Morgan fingerprint density at radius 2 is 1.60 bits per heavy atom. The molecule has 3 heteroatoms. The number of hydrogen-bond acceptors (Lipinski definition) is 2. The van der Waals surface area contributed by atoms with Crippen LogP contribution in [0.3, 0.4) is 0 Å². The predicted octanol–water partition coefficient (Wildman–Crippen LogP) is 3.61. The summed E-state index contributed by atoms with van der Waals surface area (Å²) in [6.45, 7) is 5.57. The number of anilines is 1. The highest BCUT2D eigenvalue weighted by atomic mass is 16.3. The van der Waals surface area contributed by atoms with Crippen LogP contribution in [0.4, 0.5) is 5.69 Å². The summed E-state index contributed by atoms with van der Waals surface area (Å²) in [5, 5.41) is 12.3. The second-order valence-electron chi connectivity index (χ2n) is 5.02. The molecule has 0 aliphatic heterocycles. The standard InChI is InChI=1S/C17H19NO2/c1-11-5-4-6-12(2)16(11)17(20)18-15-9-7-14(8-10-15)13(3)19/h4-10,13,19H,1-3H3,(H,18,20). The SMILES string of the molecule is Cc1cccc(C)c1C(=O)Nc1ccc(C(C)O)cc1. The van der Waals surface area contributed by atoms with Gasteiger partial charge in [-0.1, -0.05) is 30.3 Å². The molecular weight excluding hydrogens is 250 g/mol. The van der Waals surface area contributed by atoms with Gasteiger partial charge in [0.15, 0.2) is 0 Å². The zero-order valence-electron chi connectivity index (χ0n) is 12.0. The lowest BCUT2D eigenvalue weighted by atomic mass is 10.0. The van der Waals surface area contributed by atoms with Gasteiger partial charge in [0, 0.05) is 11.3 Å². The highest BCUT2D eigenvalue weighted by molar-refractivity contribution is 6.06. The van der Waals surface area contributed by atoms with E-state index in [-0.39, 0.29) is 5.91 Å². The molecule has 0 bridgehead atoms. The van der Waals surface area contributed by atoms with E-state index in [0.717, 1.165) is 22.4 Å². The molecule has 0 saturated carbocycles. The van der Waals surface area contributed by atoms with Crippen LogP contribution >= 0.6 is 0 Å². The lowest BCUT2D eigenvalue weighted by molar-refractivity contribution is 0.102. The molecule has 2 N–H and O–H groups in total. The molecule has 0 spiro atoms. The third-order valence-corrected chi connectivity index (χ3v) is 3.36. The monoisotopic (exact) mass is 269 g/mol. The summed E-state index contributed by atoms with van der Waals surface area (Å²) < 4.78 is 0. The topological polar surface area (TPSA) is 49.3 Å². The minimum absolute atomic E-state index is 0.106. The van der Waals surface area contributed by atoms with Crippen molar-refractivity contribution in [3.63, 3.8) is 0 Å². The third-order valence-electron chi connectivity index (χ3n) is 3.36. The molecule has 0 aromatic heterocycles. The van der Waals surface area contributed by atoms with Gasteiger partial charge in [0.1, 0.15) is 0 Å². The summed E-state index contributed by atoms with van der Waals surface area (Å²) in [5.74, 6) is -0.106. The van der Waals surface area contributed by atoms with Gasteiger partial charge in [-0.25, -0.2) is 0 Å².